The molecule has 98 valence electrons. The molecule has 0 bridgehead atoms. The van der Waals surface area contributed by atoms with Crippen LogP contribution in [-0.2, 0) is 9.53 Å². The fourth-order valence-corrected chi connectivity index (χ4v) is 1.86. The number of rotatable bonds is 5. The van der Waals surface area contributed by atoms with Gasteiger partial charge in [0.1, 0.15) is 0 Å². The van der Waals surface area contributed by atoms with Crippen LogP contribution >= 0.6 is 0 Å². The molecular weight excluding hydrogens is 222 g/mol. The molecule has 1 saturated heterocycles. The van der Waals surface area contributed by atoms with Crippen molar-refractivity contribution >= 4 is 12.0 Å². The Kier molecular flexibility index (Phi) is 5.76. The molecule has 0 radical (unpaired) electrons. The fourth-order valence-electron chi connectivity index (χ4n) is 1.86. The Labute approximate surface area is 102 Å². The van der Waals surface area contributed by atoms with Gasteiger partial charge in [-0.3, -0.25) is 4.79 Å². The Bertz CT molecular complexity index is 271. The largest absolute Gasteiger partial charge is 0.453 e. The molecule has 6 nitrogen and oxygen atoms in total. The molecular formula is C11H21N3O3. The van der Waals surface area contributed by atoms with Crippen LogP contribution < -0.4 is 10.6 Å². The first-order valence-corrected chi connectivity index (χ1v) is 6.00. The van der Waals surface area contributed by atoms with Gasteiger partial charge in [0, 0.05) is 26.1 Å². The summed E-state index contributed by atoms with van der Waals surface area (Å²) >= 11 is 0. The molecule has 1 rings (SSSR count). The first-order valence-electron chi connectivity index (χ1n) is 6.00. The summed E-state index contributed by atoms with van der Waals surface area (Å²) in [6.45, 7) is 4.89. The quantitative estimate of drug-likeness (QED) is 0.664. The van der Waals surface area contributed by atoms with E-state index in [9.17, 15) is 9.59 Å². The summed E-state index contributed by atoms with van der Waals surface area (Å²) in [5.41, 5.74) is 0. The minimum Gasteiger partial charge on any atom is -0.453 e. The number of hydrogen-bond acceptors (Lipinski definition) is 4. The first kappa shape index (κ1) is 13.8. The Morgan fingerprint density at radius 2 is 2.24 bits per heavy atom. The highest BCUT2D eigenvalue weighted by Crippen LogP contribution is 2.10. The van der Waals surface area contributed by atoms with Crippen LogP contribution in [0, 0.1) is 0 Å². The Morgan fingerprint density at radius 1 is 1.47 bits per heavy atom. The van der Waals surface area contributed by atoms with Crippen molar-refractivity contribution in [2.24, 2.45) is 0 Å². The van der Waals surface area contributed by atoms with Gasteiger partial charge in [0.15, 0.2) is 0 Å². The summed E-state index contributed by atoms with van der Waals surface area (Å²) in [6.07, 6.45) is 0.873. The van der Waals surface area contributed by atoms with Crippen molar-refractivity contribution < 1.29 is 14.3 Å². The van der Waals surface area contributed by atoms with Crippen molar-refractivity contribution in [3.05, 3.63) is 0 Å². The average molecular weight is 243 g/mol. The highest BCUT2D eigenvalue weighted by atomic mass is 16.5. The van der Waals surface area contributed by atoms with E-state index in [1.165, 1.54) is 7.11 Å². The number of carbonyl (C=O) groups is 2. The molecule has 1 aliphatic rings. The minimum absolute atomic E-state index is 0.0190. The molecule has 0 saturated carbocycles. The van der Waals surface area contributed by atoms with Crippen molar-refractivity contribution in [3.8, 4) is 0 Å². The summed E-state index contributed by atoms with van der Waals surface area (Å²) < 4.78 is 4.52. The van der Waals surface area contributed by atoms with E-state index in [0.717, 1.165) is 13.0 Å². The minimum atomic E-state index is -0.433. The molecule has 0 spiro atoms. The number of nitrogens with zero attached hydrogens (tertiary/aromatic N) is 1. The number of carbonyl (C=O) groups excluding carboxylic acids is 2. The van der Waals surface area contributed by atoms with Crippen LogP contribution in [0.5, 0.6) is 0 Å². The Morgan fingerprint density at radius 3 is 2.88 bits per heavy atom. The molecule has 6 heteroatoms. The van der Waals surface area contributed by atoms with Crippen LogP contribution in [0.1, 0.15) is 19.8 Å². The number of hydrogen-bond donors (Lipinski definition) is 2. The average Bonchev–Trinajstić information content (AvgIpc) is 2.77. The first-order chi connectivity index (χ1) is 8.17. The van der Waals surface area contributed by atoms with E-state index < -0.39 is 6.09 Å². The topological polar surface area (TPSA) is 70.7 Å². The molecule has 1 heterocycles. The zero-order valence-corrected chi connectivity index (χ0v) is 10.5. The zero-order valence-electron chi connectivity index (χ0n) is 10.5. The van der Waals surface area contributed by atoms with E-state index in [-0.39, 0.29) is 11.9 Å². The predicted molar refractivity (Wildman–Crippen MR) is 63.7 cm³/mol. The van der Waals surface area contributed by atoms with E-state index in [2.05, 4.69) is 15.4 Å². The molecule has 2 amide bonds. The molecule has 1 aliphatic heterocycles. The lowest BCUT2D eigenvalue weighted by molar-refractivity contribution is -0.130. The number of alkyl carbamates (subject to hydrolysis) is 1. The van der Waals surface area contributed by atoms with Gasteiger partial charge in [0.05, 0.1) is 13.2 Å². The molecule has 0 aromatic rings. The van der Waals surface area contributed by atoms with Crippen molar-refractivity contribution in [2.75, 3.05) is 33.3 Å². The van der Waals surface area contributed by atoms with Crippen molar-refractivity contribution in [1.82, 2.24) is 15.5 Å². The zero-order chi connectivity index (χ0) is 12.7. The van der Waals surface area contributed by atoms with Gasteiger partial charge in [-0.15, -0.1) is 0 Å². The van der Waals surface area contributed by atoms with Gasteiger partial charge in [0.25, 0.3) is 0 Å². The van der Waals surface area contributed by atoms with Crippen LogP contribution in [0.25, 0.3) is 0 Å². The van der Waals surface area contributed by atoms with Crippen LogP contribution in [0.4, 0.5) is 4.79 Å². The van der Waals surface area contributed by atoms with E-state index in [1.807, 2.05) is 6.92 Å². The van der Waals surface area contributed by atoms with E-state index >= 15 is 0 Å². The van der Waals surface area contributed by atoms with Gasteiger partial charge in [-0.2, -0.15) is 0 Å². The van der Waals surface area contributed by atoms with Gasteiger partial charge >= 0.3 is 6.09 Å². The Hall–Kier alpha value is -1.30. The maximum atomic E-state index is 11.8. The van der Waals surface area contributed by atoms with Crippen LogP contribution in [0.3, 0.4) is 0 Å². The van der Waals surface area contributed by atoms with Gasteiger partial charge in [-0.1, -0.05) is 6.92 Å². The SMILES string of the molecule is CCNCCC(=O)N1CCC(NC(=O)OC)C1. The molecule has 0 aromatic carbocycles. The second-order valence-corrected chi connectivity index (χ2v) is 4.06. The van der Waals surface area contributed by atoms with Gasteiger partial charge in [-0.25, -0.2) is 4.79 Å². The van der Waals surface area contributed by atoms with E-state index in [0.29, 0.717) is 26.1 Å². The lowest BCUT2D eigenvalue weighted by Crippen LogP contribution is -2.38. The van der Waals surface area contributed by atoms with E-state index in [4.69, 9.17) is 0 Å². The van der Waals surface area contributed by atoms with E-state index in [1.54, 1.807) is 4.90 Å². The normalized spacial score (nSPS) is 19.2. The molecule has 1 unspecified atom stereocenters. The maximum absolute atomic E-state index is 11.8. The number of amides is 2. The van der Waals surface area contributed by atoms with Crippen LogP contribution in [0.2, 0.25) is 0 Å². The highest BCUT2D eigenvalue weighted by Gasteiger charge is 2.26. The van der Waals surface area contributed by atoms with Crippen molar-refractivity contribution in [2.45, 2.75) is 25.8 Å². The van der Waals surface area contributed by atoms with Gasteiger partial charge in [0.2, 0.25) is 5.91 Å². The summed E-state index contributed by atoms with van der Waals surface area (Å²) in [7, 11) is 1.34. The number of likely N-dealkylation sites (tertiary alicyclic amines) is 1. The number of ether oxygens (including phenoxy) is 1. The summed E-state index contributed by atoms with van der Waals surface area (Å²) in [5.74, 6) is 0.139. The molecule has 17 heavy (non-hydrogen) atoms. The molecule has 1 atom stereocenters. The lowest BCUT2D eigenvalue weighted by atomic mass is 10.3. The number of methoxy groups -OCH3 is 1. The van der Waals surface area contributed by atoms with Crippen molar-refractivity contribution in [1.29, 1.82) is 0 Å². The second-order valence-electron chi connectivity index (χ2n) is 4.06. The second kappa shape index (κ2) is 7.11. The lowest BCUT2D eigenvalue weighted by Gasteiger charge is -2.16. The van der Waals surface area contributed by atoms with Crippen LogP contribution in [0.15, 0.2) is 0 Å². The third kappa shape index (κ3) is 4.60. The van der Waals surface area contributed by atoms with Crippen LogP contribution in [-0.4, -0.2) is 56.2 Å². The highest BCUT2D eigenvalue weighted by molar-refractivity contribution is 5.77. The molecule has 1 fully saturated rings. The fraction of sp³-hybridized carbons (Fsp3) is 0.818. The van der Waals surface area contributed by atoms with Crippen molar-refractivity contribution in [3.63, 3.8) is 0 Å². The number of nitrogens with one attached hydrogen (secondary N) is 2. The maximum Gasteiger partial charge on any atom is 0.407 e. The molecule has 0 aromatic heterocycles. The van der Waals surface area contributed by atoms with Gasteiger partial charge in [-0.05, 0) is 13.0 Å². The smallest absolute Gasteiger partial charge is 0.407 e. The molecule has 2 N–H and O–H groups in total. The summed E-state index contributed by atoms with van der Waals surface area (Å²) in [6, 6.07) is 0.0190. The van der Waals surface area contributed by atoms with Gasteiger partial charge < -0.3 is 20.3 Å². The molecule has 0 aliphatic carbocycles. The Balaban J connectivity index is 2.24. The third-order valence-corrected chi connectivity index (χ3v) is 2.81. The summed E-state index contributed by atoms with van der Waals surface area (Å²) in [4.78, 5) is 24.6. The third-order valence-electron chi connectivity index (χ3n) is 2.81. The summed E-state index contributed by atoms with van der Waals surface area (Å²) in [5, 5.41) is 5.83. The monoisotopic (exact) mass is 243 g/mol. The standard InChI is InChI=1S/C11H21N3O3/c1-3-12-6-4-10(15)14-7-5-9(8-14)13-11(16)17-2/h9,12H,3-8H2,1-2H3,(H,13,16). The predicted octanol–water partition coefficient (Wildman–Crippen LogP) is -0.0571.